The molecule has 29 heavy (non-hydrogen) atoms. The molecule has 1 heterocycles. The summed E-state index contributed by atoms with van der Waals surface area (Å²) in [5, 5.41) is 6.06. The van der Waals surface area contributed by atoms with E-state index < -0.39 is 0 Å². The number of amides is 1. The van der Waals surface area contributed by atoms with Crippen LogP contribution < -0.4 is 9.75 Å². The Kier molecular flexibility index (Phi) is 5.61. The maximum absolute atomic E-state index is 13.8. The van der Waals surface area contributed by atoms with Gasteiger partial charge in [0, 0.05) is 17.9 Å². The van der Waals surface area contributed by atoms with Crippen LogP contribution in [0, 0.1) is 11.7 Å². The Bertz CT molecular complexity index is 946. The molecule has 2 aromatic carbocycles. The van der Waals surface area contributed by atoms with Crippen molar-refractivity contribution in [1.82, 2.24) is 4.90 Å². The topological polar surface area (TPSA) is 45.1 Å². The fraction of sp³-hybridized carbons (Fsp3) is 0.364. The Labute approximate surface area is 175 Å². The quantitative estimate of drug-likeness (QED) is 0.600. The van der Waals surface area contributed by atoms with Crippen LogP contribution in [0.4, 0.5) is 10.1 Å². The smallest absolute Gasteiger partial charge is 0.248 e. The van der Waals surface area contributed by atoms with Gasteiger partial charge in [0.1, 0.15) is 18.2 Å². The number of nitrogens with zero attached hydrogens (tertiary/aromatic N) is 3. The highest BCUT2D eigenvalue weighted by Crippen LogP contribution is 2.34. The van der Waals surface area contributed by atoms with Crippen molar-refractivity contribution in [1.29, 1.82) is 0 Å². The predicted molar refractivity (Wildman–Crippen MR) is 115 cm³/mol. The van der Waals surface area contributed by atoms with E-state index in [2.05, 4.69) is 17.7 Å². The number of rotatable bonds is 5. The summed E-state index contributed by atoms with van der Waals surface area (Å²) < 4.78 is 19.6. The molecule has 2 unspecified atom stereocenters. The second-order valence-corrected chi connectivity index (χ2v) is 8.28. The normalized spacial score (nSPS) is 19.5. The number of thiol groups is 1. The van der Waals surface area contributed by atoms with E-state index in [9.17, 15) is 9.18 Å². The van der Waals surface area contributed by atoms with Gasteiger partial charge < -0.3 is 4.74 Å². The van der Waals surface area contributed by atoms with Gasteiger partial charge >= 0.3 is 0 Å². The lowest BCUT2D eigenvalue weighted by Crippen LogP contribution is -2.39. The highest BCUT2D eigenvalue weighted by molar-refractivity contribution is 7.80. The largest absolute Gasteiger partial charge is 0.491 e. The minimum Gasteiger partial charge on any atom is -0.491 e. The fourth-order valence-corrected chi connectivity index (χ4v) is 3.77. The van der Waals surface area contributed by atoms with Crippen LogP contribution in [-0.2, 0) is 11.2 Å². The molecule has 7 heteroatoms. The van der Waals surface area contributed by atoms with Crippen LogP contribution in [0.25, 0.3) is 0 Å². The molecule has 2 aromatic rings. The molecular weight excluding hydrogens is 389 g/mol. The monoisotopic (exact) mass is 413 g/mol. The van der Waals surface area contributed by atoms with E-state index in [1.54, 1.807) is 0 Å². The van der Waals surface area contributed by atoms with E-state index in [0.29, 0.717) is 24.5 Å². The first-order valence-electron chi connectivity index (χ1n) is 9.70. The first kappa shape index (κ1) is 19.9. The van der Waals surface area contributed by atoms with Crippen molar-refractivity contribution in [3.8, 4) is 5.75 Å². The van der Waals surface area contributed by atoms with E-state index >= 15 is 0 Å². The summed E-state index contributed by atoms with van der Waals surface area (Å²) in [7, 11) is 3.88. The molecule has 0 spiro atoms. The molecule has 1 amide bonds. The Morgan fingerprint density at radius 3 is 2.76 bits per heavy atom. The molecule has 0 aromatic heterocycles. The van der Waals surface area contributed by atoms with Gasteiger partial charge in [-0.3, -0.25) is 9.69 Å². The second kappa shape index (κ2) is 8.16. The van der Waals surface area contributed by atoms with Gasteiger partial charge in [-0.05, 0) is 68.9 Å². The van der Waals surface area contributed by atoms with Crippen LogP contribution >= 0.6 is 12.6 Å². The number of carbonyl (C=O) groups is 1. The molecule has 0 saturated heterocycles. The van der Waals surface area contributed by atoms with Gasteiger partial charge in [0.15, 0.2) is 0 Å². The summed E-state index contributed by atoms with van der Waals surface area (Å²) in [5.74, 6) is 0.427. The Hall–Kier alpha value is -2.38. The van der Waals surface area contributed by atoms with Gasteiger partial charge in [-0.1, -0.05) is 6.07 Å². The standard InChI is InChI=1S/C22H24FN3O2S/c1-25(2)21(29)13-28-18-9-7-17(8-10-18)26-20(27)11-15-4-3-14-5-6-16(23)12-19(14)22(15)24-26/h5-10,12,15,21,29H,3-4,11,13H2,1-2H3. The summed E-state index contributed by atoms with van der Waals surface area (Å²) >= 11 is 4.45. The van der Waals surface area contributed by atoms with Crippen LogP contribution in [0.15, 0.2) is 47.6 Å². The van der Waals surface area contributed by atoms with E-state index in [1.165, 1.54) is 17.1 Å². The molecule has 0 fully saturated rings. The zero-order valence-corrected chi connectivity index (χ0v) is 17.4. The number of halogens is 1. The molecule has 0 saturated carbocycles. The highest BCUT2D eigenvalue weighted by Gasteiger charge is 2.34. The van der Waals surface area contributed by atoms with Crippen LogP contribution in [0.1, 0.15) is 24.0 Å². The molecule has 5 nitrogen and oxygen atoms in total. The molecule has 4 rings (SSSR count). The maximum Gasteiger partial charge on any atom is 0.248 e. The molecule has 0 N–H and O–H groups in total. The number of fused-ring (bicyclic) bond motifs is 3. The molecule has 152 valence electrons. The number of carbonyl (C=O) groups excluding carboxylic acids is 1. The fourth-order valence-electron chi connectivity index (χ4n) is 3.69. The zero-order valence-electron chi connectivity index (χ0n) is 16.5. The van der Waals surface area contributed by atoms with E-state index in [1.807, 2.05) is 49.3 Å². The average molecular weight is 414 g/mol. The van der Waals surface area contributed by atoms with Crippen molar-refractivity contribution in [3.63, 3.8) is 0 Å². The number of hydrazone groups is 1. The molecular formula is C22H24FN3O2S. The van der Waals surface area contributed by atoms with Gasteiger partial charge in [0.2, 0.25) is 5.91 Å². The third kappa shape index (κ3) is 4.16. The van der Waals surface area contributed by atoms with E-state index in [0.717, 1.165) is 29.7 Å². The lowest BCUT2D eigenvalue weighted by Gasteiger charge is -2.33. The number of benzene rings is 2. The van der Waals surface area contributed by atoms with Crippen molar-refractivity contribution in [2.24, 2.45) is 11.0 Å². The minimum absolute atomic E-state index is 0.00607. The highest BCUT2D eigenvalue weighted by atomic mass is 32.1. The zero-order chi connectivity index (χ0) is 20.5. The van der Waals surface area contributed by atoms with Crippen LogP contribution in [0.3, 0.4) is 0 Å². The van der Waals surface area contributed by atoms with Gasteiger partial charge in [0.05, 0.1) is 16.8 Å². The van der Waals surface area contributed by atoms with E-state index in [-0.39, 0.29) is 23.0 Å². The van der Waals surface area contributed by atoms with Crippen LogP contribution in [-0.4, -0.2) is 42.6 Å². The minimum atomic E-state index is -0.280. The SMILES string of the molecule is CN(C)C(S)COc1ccc(N2N=C3c4cc(F)ccc4CCC3CC2=O)cc1. The Balaban J connectivity index is 1.57. The number of hydrogen-bond donors (Lipinski definition) is 1. The summed E-state index contributed by atoms with van der Waals surface area (Å²) in [5.41, 5.74) is 3.38. The molecule has 0 radical (unpaired) electrons. The Morgan fingerprint density at radius 2 is 2.03 bits per heavy atom. The van der Waals surface area contributed by atoms with Gasteiger partial charge in [-0.2, -0.15) is 17.7 Å². The molecule has 0 bridgehead atoms. The average Bonchev–Trinajstić information content (AvgIpc) is 2.71. The maximum atomic E-state index is 13.8. The number of aryl methyl sites for hydroxylation is 1. The molecule has 1 aliphatic heterocycles. The number of ether oxygens (including phenoxy) is 1. The van der Waals surface area contributed by atoms with Crippen molar-refractivity contribution in [2.45, 2.75) is 24.6 Å². The van der Waals surface area contributed by atoms with Gasteiger partial charge in [-0.25, -0.2) is 9.40 Å². The summed E-state index contributed by atoms with van der Waals surface area (Å²) in [6.45, 7) is 0.449. The second-order valence-electron chi connectivity index (χ2n) is 7.68. The summed E-state index contributed by atoms with van der Waals surface area (Å²) in [4.78, 5) is 14.7. The molecule has 1 aliphatic carbocycles. The van der Waals surface area contributed by atoms with Crippen molar-refractivity contribution in [3.05, 3.63) is 59.4 Å². The van der Waals surface area contributed by atoms with E-state index in [4.69, 9.17) is 4.74 Å². The lowest BCUT2D eigenvalue weighted by atomic mass is 9.79. The van der Waals surface area contributed by atoms with Crippen molar-refractivity contribution < 1.29 is 13.9 Å². The van der Waals surface area contributed by atoms with Gasteiger partial charge in [0.25, 0.3) is 0 Å². The Morgan fingerprint density at radius 1 is 1.28 bits per heavy atom. The number of hydrogen-bond acceptors (Lipinski definition) is 5. The van der Waals surface area contributed by atoms with Gasteiger partial charge in [-0.15, -0.1) is 0 Å². The van der Waals surface area contributed by atoms with Crippen molar-refractivity contribution >= 4 is 29.9 Å². The number of anilines is 1. The van der Waals surface area contributed by atoms with Crippen molar-refractivity contribution in [2.75, 3.05) is 25.7 Å². The third-order valence-electron chi connectivity index (χ3n) is 5.44. The van der Waals surface area contributed by atoms with Crippen LogP contribution in [0.2, 0.25) is 0 Å². The summed E-state index contributed by atoms with van der Waals surface area (Å²) in [6, 6.07) is 12.1. The molecule has 2 atom stereocenters. The summed E-state index contributed by atoms with van der Waals surface area (Å²) in [6.07, 6.45) is 2.09. The first-order chi connectivity index (χ1) is 13.9. The molecule has 2 aliphatic rings. The number of likely N-dealkylation sites (N-methyl/N-ethyl adjacent to an activating group) is 1. The predicted octanol–water partition coefficient (Wildman–Crippen LogP) is 3.73. The first-order valence-corrected chi connectivity index (χ1v) is 10.2. The lowest BCUT2D eigenvalue weighted by molar-refractivity contribution is -0.119. The third-order valence-corrected chi connectivity index (χ3v) is 6.05. The van der Waals surface area contributed by atoms with Crippen LogP contribution in [0.5, 0.6) is 5.75 Å².